The van der Waals surface area contributed by atoms with Crippen LogP contribution >= 0.6 is 0 Å². The summed E-state index contributed by atoms with van der Waals surface area (Å²) in [6.07, 6.45) is 5.40. The molecule has 0 aliphatic heterocycles. The minimum absolute atomic E-state index is 0. The Morgan fingerprint density at radius 2 is 0.806 bits per heavy atom. The molecule has 10 aromatic rings. The van der Waals surface area contributed by atoms with Gasteiger partial charge in [-0.05, 0) is 94.0 Å². The van der Waals surface area contributed by atoms with E-state index in [1.807, 2.05) is 146 Å². The first-order valence-electron chi connectivity index (χ1n) is 22.2. The molecule has 18 heteroatoms. The summed E-state index contributed by atoms with van der Waals surface area (Å²) in [5.74, 6) is 1.74. The quantitative estimate of drug-likeness (QED) is 0.0543. The molecule has 0 spiro atoms. The molecule has 0 aliphatic rings. The van der Waals surface area contributed by atoms with Crippen molar-refractivity contribution in [3.63, 3.8) is 0 Å². The molecule has 370 valence electrons. The number of imidazole rings is 2. The zero-order valence-electron chi connectivity index (χ0n) is 38.6. The van der Waals surface area contributed by atoms with Crippen molar-refractivity contribution in [1.82, 2.24) is 19.1 Å². The van der Waals surface area contributed by atoms with E-state index in [9.17, 15) is 10.2 Å². The summed E-state index contributed by atoms with van der Waals surface area (Å²) in [5.41, 5.74) is 8.89. The number of hydrogen-bond donors (Lipinski definition) is 0. The monoisotopic (exact) mass is 1060 g/mol. The number of nitrogens with zero attached hydrogens (tertiary/aromatic N) is 8. The van der Waals surface area contributed by atoms with Crippen LogP contribution in [0.5, 0.6) is 11.5 Å². The van der Waals surface area contributed by atoms with Crippen molar-refractivity contribution in [2.75, 3.05) is 0 Å². The predicted molar refractivity (Wildman–Crippen MR) is 273 cm³/mol. The summed E-state index contributed by atoms with van der Waals surface area (Å²) in [6.45, 7) is 6.08. The van der Waals surface area contributed by atoms with E-state index in [0.29, 0.717) is 11.1 Å². The van der Waals surface area contributed by atoms with Crippen LogP contribution in [-0.4, -0.2) is 41.7 Å². The van der Waals surface area contributed by atoms with Gasteiger partial charge in [0.2, 0.25) is 0 Å². The summed E-state index contributed by atoms with van der Waals surface area (Å²) in [7, 11) is 0. The maximum Gasteiger partial charge on any atom is 2.00 e. The number of aliphatic imine (C=N–C) groups is 2. The number of aryl methyl sites for hydroxylation is 2. The van der Waals surface area contributed by atoms with Crippen molar-refractivity contribution >= 4 is 67.4 Å². The predicted octanol–water partition coefficient (Wildman–Crippen LogP) is 11.7. The van der Waals surface area contributed by atoms with E-state index in [1.54, 1.807) is 24.6 Å². The first-order chi connectivity index (χ1) is 34.0. The van der Waals surface area contributed by atoms with Gasteiger partial charge >= 0.3 is 34.1 Å². The van der Waals surface area contributed by atoms with Crippen molar-refractivity contribution in [1.29, 1.82) is 0 Å². The van der Waals surface area contributed by atoms with Gasteiger partial charge in [-0.3, -0.25) is 9.98 Å². The van der Waals surface area contributed by atoms with Gasteiger partial charge in [0.1, 0.15) is 11.6 Å². The Balaban J connectivity index is 0.000000227. The van der Waals surface area contributed by atoms with E-state index in [2.05, 4.69) is 35.1 Å². The van der Waals surface area contributed by atoms with Gasteiger partial charge in [0.05, 0.1) is 43.6 Å². The van der Waals surface area contributed by atoms with Crippen molar-refractivity contribution in [2.24, 2.45) is 9.98 Å². The van der Waals surface area contributed by atoms with Crippen LogP contribution in [0.2, 0.25) is 0 Å². The zero-order valence-corrected chi connectivity index (χ0v) is 40.5. The van der Waals surface area contributed by atoms with E-state index in [1.165, 1.54) is 0 Å². The molecule has 16 nitrogen and oxygen atoms in total. The zero-order chi connectivity index (χ0) is 49.6. The van der Waals surface area contributed by atoms with E-state index in [0.717, 1.165) is 104 Å². The molecule has 0 saturated carbocycles. The van der Waals surface area contributed by atoms with E-state index in [-0.39, 0.29) is 45.6 Å². The van der Waals surface area contributed by atoms with Gasteiger partial charge in [-0.2, -0.15) is 0 Å². The van der Waals surface area contributed by atoms with E-state index < -0.39 is 10.2 Å². The smallest absolute Gasteiger partial charge is 0.872 e. The van der Waals surface area contributed by atoms with Gasteiger partial charge < -0.3 is 50.0 Å². The SMILES string of the molecule is CCCn1c(-c2ccccc2N=Cc2c([O-])ccc3ccccc23)nc2ccccc21.CCCn1c(-c2ccccc2N=Cc2c([O-])ccc3ccccc23)nc2ccccc21.O=[N+]([O-])[O-].O=[N+]([O-])[O-].[Cu+2].[Cu+2]. The Morgan fingerprint density at radius 1 is 0.472 bits per heavy atom. The molecule has 2 radical (unpaired) electrons. The van der Waals surface area contributed by atoms with Crippen LogP contribution in [0.4, 0.5) is 11.4 Å². The Kier molecular flexibility index (Phi) is 19.7. The van der Waals surface area contributed by atoms with Crippen LogP contribution in [0.3, 0.4) is 0 Å². The molecule has 0 aliphatic carbocycles. The van der Waals surface area contributed by atoms with Crippen molar-refractivity contribution in [3.05, 3.63) is 212 Å². The summed E-state index contributed by atoms with van der Waals surface area (Å²) in [5, 5.41) is 58.5. The van der Waals surface area contributed by atoms with Crippen LogP contribution in [-0.2, 0) is 47.2 Å². The normalized spacial score (nSPS) is 10.7. The Labute approximate surface area is 434 Å². The second-order valence-corrected chi connectivity index (χ2v) is 15.5. The third-order valence-corrected chi connectivity index (χ3v) is 11.0. The number of fused-ring (bicyclic) bond motifs is 4. The van der Waals surface area contributed by atoms with Crippen LogP contribution in [0, 0.1) is 30.6 Å². The van der Waals surface area contributed by atoms with Crippen LogP contribution < -0.4 is 10.2 Å². The molecule has 72 heavy (non-hydrogen) atoms. The summed E-state index contributed by atoms with van der Waals surface area (Å²) in [6, 6.07) is 55.0. The first-order valence-corrected chi connectivity index (χ1v) is 22.2. The van der Waals surface area contributed by atoms with Gasteiger partial charge in [0, 0.05) is 36.6 Å². The second-order valence-electron chi connectivity index (χ2n) is 15.5. The Hall–Kier alpha value is -8.40. The van der Waals surface area contributed by atoms with Crippen LogP contribution in [0.25, 0.3) is 66.4 Å². The fourth-order valence-electron chi connectivity index (χ4n) is 8.10. The third-order valence-electron chi connectivity index (χ3n) is 11.0. The van der Waals surface area contributed by atoms with Crippen molar-refractivity contribution in [2.45, 2.75) is 39.8 Å². The molecule has 0 unspecified atom stereocenters. The summed E-state index contributed by atoms with van der Waals surface area (Å²) >= 11 is 0. The molecular weight excluding hydrogens is 1020 g/mol. The number of benzene rings is 8. The van der Waals surface area contributed by atoms with Gasteiger partial charge in [-0.15, -0.1) is 0 Å². The molecule has 0 amide bonds. The molecule has 8 aromatic carbocycles. The minimum atomic E-state index is -1.75. The molecule has 2 heterocycles. The number of hydrogen-bond acceptors (Lipinski definition) is 12. The molecule has 0 fully saturated rings. The Bertz CT molecular complexity index is 3290. The van der Waals surface area contributed by atoms with Crippen molar-refractivity contribution < 1.29 is 54.5 Å². The summed E-state index contributed by atoms with van der Waals surface area (Å²) in [4.78, 5) is 35.8. The molecule has 0 N–H and O–H groups in total. The van der Waals surface area contributed by atoms with Gasteiger partial charge in [0.25, 0.3) is 0 Å². The minimum Gasteiger partial charge on any atom is -0.872 e. The van der Waals surface area contributed by atoms with Gasteiger partial charge in [-0.1, -0.05) is 147 Å². The molecule has 0 bridgehead atoms. The molecule has 0 atom stereocenters. The third kappa shape index (κ3) is 13.1. The van der Waals surface area contributed by atoms with E-state index >= 15 is 0 Å². The number of rotatable bonds is 10. The van der Waals surface area contributed by atoms with Crippen molar-refractivity contribution in [3.8, 4) is 34.3 Å². The van der Waals surface area contributed by atoms with E-state index in [4.69, 9.17) is 50.6 Å². The standard InChI is InChI=1S/2C27H23N3O.2Cu.2NO3/c2*1-2-17-30-25-14-8-7-13-24(25)29-27(30)21-11-5-6-12-23(21)28-18-22-20-10-4-3-9-19(20)15-16-26(22)31;;;2*2-1(3)4/h2*3-16,18,31H,2,17H2,1H3;;;;/q;;2*+2;2*-1/p-2. The topological polar surface area (TPSA) is 239 Å². The Morgan fingerprint density at radius 3 is 1.19 bits per heavy atom. The fraction of sp³-hybridized carbons (Fsp3) is 0.111. The number of aromatic nitrogens is 4. The largest absolute Gasteiger partial charge is 2.00 e. The average Bonchev–Trinajstić information content (AvgIpc) is 3.92. The fourth-order valence-corrected chi connectivity index (χ4v) is 8.10. The molecular formula is C54H44Cu2N8O8. The first kappa shape index (κ1) is 54.5. The maximum absolute atomic E-state index is 12.6. The molecule has 10 rings (SSSR count). The second kappa shape index (κ2) is 26.0. The van der Waals surface area contributed by atoms with Gasteiger partial charge in [0.15, 0.2) is 0 Å². The van der Waals surface area contributed by atoms with Crippen LogP contribution in [0.1, 0.15) is 37.8 Å². The number of para-hydroxylation sites is 6. The molecule has 0 saturated heterocycles. The molecule has 2 aromatic heterocycles. The van der Waals surface area contributed by atoms with Crippen LogP contribution in [0.15, 0.2) is 180 Å². The summed E-state index contributed by atoms with van der Waals surface area (Å²) < 4.78 is 4.50. The average molecular weight is 1060 g/mol. The van der Waals surface area contributed by atoms with Gasteiger partial charge in [-0.25, -0.2) is 9.97 Å². The maximum atomic E-state index is 12.6.